The molecule has 1 N–H and O–H groups in total. The molecule has 0 unspecified atom stereocenters. The van der Waals surface area contributed by atoms with Gasteiger partial charge in [0.25, 0.3) is 5.91 Å². The summed E-state index contributed by atoms with van der Waals surface area (Å²) in [5, 5.41) is 11.1. The number of benzene rings is 2. The molecule has 0 saturated heterocycles. The zero-order valence-corrected chi connectivity index (χ0v) is 15.0. The summed E-state index contributed by atoms with van der Waals surface area (Å²) >= 11 is 0. The maximum Gasteiger partial charge on any atom is 0.263 e. The molecule has 0 saturated carbocycles. The second-order valence-corrected chi connectivity index (χ2v) is 7.07. The molecule has 1 amide bonds. The Morgan fingerprint density at radius 1 is 1.20 bits per heavy atom. The summed E-state index contributed by atoms with van der Waals surface area (Å²) in [4.78, 5) is 27.0. The minimum Gasteiger partial charge on any atom is -0.375 e. The predicted octanol–water partition coefficient (Wildman–Crippen LogP) is 3.56. The highest BCUT2D eigenvalue weighted by Crippen LogP contribution is 2.42. The average molecular weight is 337 g/mol. The van der Waals surface area contributed by atoms with E-state index < -0.39 is 11.5 Å². The van der Waals surface area contributed by atoms with Crippen molar-refractivity contribution >= 4 is 17.4 Å². The van der Waals surface area contributed by atoms with Gasteiger partial charge in [0.2, 0.25) is 0 Å². The third-order valence-electron chi connectivity index (χ3n) is 5.01. The molecule has 4 nitrogen and oxygen atoms in total. The van der Waals surface area contributed by atoms with Crippen molar-refractivity contribution in [1.82, 2.24) is 0 Å². The Kier molecular flexibility index (Phi) is 4.25. The van der Waals surface area contributed by atoms with Gasteiger partial charge in [-0.2, -0.15) is 0 Å². The van der Waals surface area contributed by atoms with Gasteiger partial charge in [-0.15, -0.1) is 0 Å². The molecule has 0 aliphatic carbocycles. The molecule has 1 heterocycles. The fraction of sp³-hybridized carbons (Fsp3) is 0.333. The van der Waals surface area contributed by atoms with Crippen molar-refractivity contribution in [3.05, 3.63) is 64.7 Å². The maximum atomic E-state index is 12.9. The summed E-state index contributed by atoms with van der Waals surface area (Å²) in [6.45, 7) is 6.01. The summed E-state index contributed by atoms with van der Waals surface area (Å²) in [5.74, 6) is -0.379. The van der Waals surface area contributed by atoms with Crippen molar-refractivity contribution in [2.75, 3.05) is 11.9 Å². The highest BCUT2D eigenvalue weighted by atomic mass is 16.3. The van der Waals surface area contributed by atoms with Crippen molar-refractivity contribution in [1.29, 1.82) is 0 Å². The van der Waals surface area contributed by atoms with Gasteiger partial charge >= 0.3 is 0 Å². The van der Waals surface area contributed by atoms with E-state index in [1.54, 1.807) is 25.2 Å². The molecule has 1 aliphatic rings. The predicted molar refractivity (Wildman–Crippen MR) is 98.0 cm³/mol. The van der Waals surface area contributed by atoms with E-state index in [0.29, 0.717) is 22.7 Å². The van der Waals surface area contributed by atoms with Crippen LogP contribution in [0.3, 0.4) is 0 Å². The van der Waals surface area contributed by atoms with Crippen molar-refractivity contribution < 1.29 is 14.7 Å². The van der Waals surface area contributed by atoms with Crippen molar-refractivity contribution in [2.24, 2.45) is 0 Å². The zero-order valence-electron chi connectivity index (χ0n) is 15.0. The summed E-state index contributed by atoms with van der Waals surface area (Å²) in [7, 11) is 1.62. The van der Waals surface area contributed by atoms with Crippen LogP contribution in [0, 0.1) is 6.92 Å². The van der Waals surface area contributed by atoms with Gasteiger partial charge in [-0.05, 0) is 36.1 Å². The number of carbonyl (C=O) groups excluding carboxylic acids is 2. The lowest BCUT2D eigenvalue weighted by Crippen LogP contribution is -2.40. The maximum absolute atomic E-state index is 12.9. The Morgan fingerprint density at radius 3 is 2.56 bits per heavy atom. The van der Waals surface area contributed by atoms with Gasteiger partial charge in [0.1, 0.15) is 0 Å². The largest absolute Gasteiger partial charge is 0.375 e. The van der Waals surface area contributed by atoms with Crippen molar-refractivity contribution in [3.8, 4) is 0 Å². The molecule has 2 aromatic carbocycles. The van der Waals surface area contributed by atoms with Gasteiger partial charge in [-0.1, -0.05) is 44.2 Å². The van der Waals surface area contributed by atoms with Crippen LogP contribution in [-0.2, 0) is 10.4 Å². The van der Waals surface area contributed by atoms with Crippen LogP contribution in [0.15, 0.2) is 42.5 Å². The molecule has 3 rings (SSSR count). The number of aliphatic hydroxyl groups is 1. The third-order valence-corrected chi connectivity index (χ3v) is 5.01. The number of nitrogens with zero attached hydrogens (tertiary/aromatic N) is 1. The van der Waals surface area contributed by atoms with E-state index in [2.05, 4.69) is 13.8 Å². The highest BCUT2D eigenvalue weighted by Gasteiger charge is 2.49. The molecule has 4 heteroatoms. The molecule has 0 aromatic heterocycles. The molecule has 0 fully saturated rings. The first-order valence-corrected chi connectivity index (χ1v) is 8.49. The molecule has 0 spiro atoms. The molecule has 1 atom stereocenters. The first-order valence-electron chi connectivity index (χ1n) is 8.49. The minimum absolute atomic E-state index is 0.221. The molecular formula is C21H23NO3. The number of Topliss-reactive ketones (excluding diaryl/α,β-unsaturated/α-hetero) is 1. The lowest BCUT2D eigenvalue weighted by Gasteiger charge is -2.22. The number of rotatable bonds is 4. The smallest absolute Gasteiger partial charge is 0.263 e. The molecule has 1 aliphatic heterocycles. The number of ketones is 1. The number of para-hydroxylation sites is 1. The van der Waals surface area contributed by atoms with E-state index in [-0.39, 0.29) is 12.2 Å². The summed E-state index contributed by atoms with van der Waals surface area (Å²) in [6, 6.07) is 12.9. The van der Waals surface area contributed by atoms with Gasteiger partial charge in [0, 0.05) is 18.2 Å². The Bertz CT molecular complexity index is 856. The molecule has 2 aromatic rings. The van der Waals surface area contributed by atoms with Crippen LogP contribution < -0.4 is 4.90 Å². The number of hydrogen-bond donors (Lipinski definition) is 1. The standard InChI is InChI=1S/C21H23NO3/c1-13(2)15-10-9-14(3)16(11-15)19(23)12-21(25)17-7-5-6-8-18(17)22(4)20(21)24/h5-11,13,25H,12H2,1-4H3/t21-/m1/s1. The van der Waals surface area contributed by atoms with E-state index in [9.17, 15) is 14.7 Å². The molecular weight excluding hydrogens is 314 g/mol. The fourth-order valence-electron chi connectivity index (χ4n) is 3.42. The average Bonchev–Trinajstić information content (AvgIpc) is 2.77. The Hall–Kier alpha value is -2.46. The first-order chi connectivity index (χ1) is 11.8. The Labute approximate surface area is 148 Å². The number of fused-ring (bicyclic) bond motifs is 1. The van der Waals surface area contributed by atoms with E-state index in [1.165, 1.54) is 4.90 Å². The van der Waals surface area contributed by atoms with Crippen LogP contribution in [-0.4, -0.2) is 23.8 Å². The summed E-state index contributed by atoms with van der Waals surface area (Å²) < 4.78 is 0. The molecule has 0 radical (unpaired) electrons. The van der Waals surface area contributed by atoms with Crippen LogP contribution in [0.4, 0.5) is 5.69 Å². The Morgan fingerprint density at radius 2 is 1.88 bits per heavy atom. The summed E-state index contributed by atoms with van der Waals surface area (Å²) in [5.41, 5.74) is 1.83. The van der Waals surface area contributed by atoms with Crippen LogP contribution in [0.2, 0.25) is 0 Å². The number of aryl methyl sites for hydroxylation is 1. The van der Waals surface area contributed by atoms with Gasteiger partial charge in [-0.25, -0.2) is 0 Å². The number of carbonyl (C=O) groups is 2. The van der Waals surface area contributed by atoms with Crippen LogP contribution >= 0.6 is 0 Å². The van der Waals surface area contributed by atoms with Crippen LogP contribution in [0.1, 0.15) is 53.2 Å². The van der Waals surface area contributed by atoms with E-state index in [1.807, 2.05) is 31.2 Å². The van der Waals surface area contributed by atoms with Crippen molar-refractivity contribution in [2.45, 2.75) is 38.7 Å². The van der Waals surface area contributed by atoms with Crippen LogP contribution in [0.25, 0.3) is 0 Å². The number of likely N-dealkylation sites (N-methyl/N-ethyl adjacent to an activating group) is 1. The van der Waals surface area contributed by atoms with Crippen LogP contribution in [0.5, 0.6) is 0 Å². The summed E-state index contributed by atoms with van der Waals surface area (Å²) in [6.07, 6.45) is -0.254. The number of anilines is 1. The van der Waals surface area contributed by atoms with Gasteiger partial charge in [0.05, 0.1) is 12.1 Å². The highest BCUT2D eigenvalue weighted by molar-refractivity contribution is 6.10. The SMILES string of the molecule is Cc1ccc(C(C)C)cc1C(=O)C[C@]1(O)C(=O)N(C)c2ccccc21. The van der Waals surface area contributed by atoms with Gasteiger partial charge in [-0.3, -0.25) is 9.59 Å². The third kappa shape index (κ3) is 2.76. The monoisotopic (exact) mass is 337 g/mol. The fourth-order valence-corrected chi connectivity index (χ4v) is 3.42. The normalized spacial score (nSPS) is 19.4. The molecule has 0 bridgehead atoms. The number of hydrogen-bond acceptors (Lipinski definition) is 3. The zero-order chi connectivity index (χ0) is 18.4. The molecule has 25 heavy (non-hydrogen) atoms. The second kappa shape index (κ2) is 6.12. The lowest BCUT2D eigenvalue weighted by molar-refractivity contribution is -0.135. The van der Waals surface area contributed by atoms with Gasteiger partial charge in [0.15, 0.2) is 11.4 Å². The van der Waals surface area contributed by atoms with E-state index in [0.717, 1.165) is 11.1 Å². The van der Waals surface area contributed by atoms with E-state index in [4.69, 9.17) is 0 Å². The van der Waals surface area contributed by atoms with Crippen molar-refractivity contribution in [3.63, 3.8) is 0 Å². The topological polar surface area (TPSA) is 57.6 Å². The number of amides is 1. The lowest BCUT2D eigenvalue weighted by atomic mass is 9.86. The van der Waals surface area contributed by atoms with E-state index >= 15 is 0 Å². The first kappa shape index (κ1) is 17.4. The Balaban J connectivity index is 1.99. The molecule has 130 valence electrons. The quantitative estimate of drug-likeness (QED) is 0.868. The minimum atomic E-state index is -1.80. The second-order valence-electron chi connectivity index (χ2n) is 7.07. The van der Waals surface area contributed by atoms with Gasteiger partial charge < -0.3 is 10.0 Å².